The number of nitrogens with zero attached hydrogens (tertiary/aromatic N) is 1. The highest BCUT2D eigenvalue weighted by Crippen LogP contribution is 2.19. The first-order valence-corrected chi connectivity index (χ1v) is 7.51. The van der Waals surface area contributed by atoms with Crippen LogP contribution >= 0.6 is 11.8 Å². The van der Waals surface area contributed by atoms with E-state index in [1.54, 1.807) is 0 Å². The molecule has 0 aliphatic rings. The molecule has 0 fully saturated rings. The normalized spacial score (nSPS) is 12.2. The Morgan fingerprint density at radius 2 is 2.20 bits per heavy atom. The second kappa shape index (κ2) is 6.61. The van der Waals surface area contributed by atoms with Crippen molar-refractivity contribution in [3.8, 4) is 0 Å². The number of nitrogens with one attached hydrogen (secondary N) is 1. The van der Waals surface area contributed by atoms with Crippen molar-refractivity contribution in [3.63, 3.8) is 0 Å². The molecule has 2 aromatic rings. The van der Waals surface area contributed by atoms with Crippen LogP contribution in [-0.2, 0) is 10.5 Å². The van der Waals surface area contributed by atoms with Crippen molar-refractivity contribution in [2.24, 2.45) is 0 Å². The molecule has 20 heavy (non-hydrogen) atoms. The van der Waals surface area contributed by atoms with Gasteiger partial charge in [-0.3, -0.25) is 4.79 Å². The van der Waals surface area contributed by atoms with Crippen LogP contribution in [0.4, 0.5) is 5.69 Å². The number of aromatic nitrogens is 1. The topological polar surface area (TPSA) is 55.1 Å². The maximum atomic E-state index is 12.1. The summed E-state index contributed by atoms with van der Waals surface area (Å²) in [6.07, 6.45) is 0. The lowest BCUT2D eigenvalue weighted by atomic mass is 10.2. The molecule has 0 bridgehead atoms. The number of anilines is 1. The van der Waals surface area contributed by atoms with Crippen molar-refractivity contribution < 1.29 is 9.32 Å². The monoisotopic (exact) mass is 290 g/mol. The third-order valence-electron chi connectivity index (χ3n) is 2.81. The summed E-state index contributed by atoms with van der Waals surface area (Å²) in [5.74, 6) is 1.46. The molecule has 1 aromatic carbocycles. The van der Waals surface area contributed by atoms with Crippen molar-refractivity contribution in [1.29, 1.82) is 0 Å². The van der Waals surface area contributed by atoms with Gasteiger partial charge in [-0.2, -0.15) is 0 Å². The van der Waals surface area contributed by atoms with Crippen LogP contribution in [0.5, 0.6) is 0 Å². The molecular weight excluding hydrogens is 272 g/mol. The minimum absolute atomic E-state index is 0.000756. The summed E-state index contributed by atoms with van der Waals surface area (Å²) in [7, 11) is 0. The van der Waals surface area contributed by atoms with Gasteiger partial charge in [-0.1, -0.05) is 17.3 Å². The van der Waals surface area contributed by atoms with E-state index in [0.29, 0.717) is 5.75 Å². The molecule has 106 valence electrons. The van der Waals surface area contributed by atoms with Gasteiger partial charge in [-0.05, 0) is 38.5 Å². The summed E-state index contributed by atoms with van der Waals surface area (Å²) in [6.45, 7) is 5.75. The molecule has 5 heteroatoms. The second-order valence-electron chi connectivity index (χ2n) is 4.74. The fraction of sp³-hybridized carbons (Fsp3) is 0.333. The van der Waals surface area contributed by atoms with E-state index in [-0.39, 0.29) is 11.2 Å². The highest BCUT2D eigenvalue weighted by molar-refractivity contribution is 7.99. The van der Waals surface area contributed by atoms with Gasteiger partial charge in [0.05, 0.1) is 10.9 Å². The lowest BCUT2D eigenvalue weighted by molar-refractivity contribution is -0.115. The van der Waals surface area contributed by atoms with E-state index < -0.39 is 0 Å². The number of aryl methyl sites for hydroxylation is 2. The Hall–Kier alpha value is -1.75. The van der Waals surface area contributed by atoms with Gasteiger partial charge in [0.2, 0.25) is 5.91 Å². The molecule has 1 amide bonds. The van der Waals surface area contributed by atoms with Gasteiger partial charge < -0.3 is 9.84 Å². The van der Waals surface area contributed by atoms with Gasteiger partial charge in [0.15, 0.2) is 0 Å². The number of hydrogen-bond donors (Lipinski definition) is 1. The molecule has 1 atom stereocenters. The van der Waals surface area contributed by atoms with Gasteiger partial charge in [0.25, 0.3) is 0 Å². The molecule has 0 radical (unpaired) electrons. The molecule has 0 aliphatic carbocycles. The van der Waals surface area contributed by atoms with E-state index in [1.165, 1.54) is 11.8 Å². The highest BCUT2D eigenvalue weighted by Gasteiger charge is 2.14. The average molecular weight is 290 g/mol. The van der Waals surface area contributed by atoms with E-state index in [4.69, 9.17) is 4.52 Å². The first-order valence-electron chi connectivity index (χ1n) is 6.46. The molecule has 1 aromatic heterocycles. The zero-order valence-corrected chi connectivity index (χ0v) is 12.7. The summed E-state index contributed by atoms with van der Waals surface area (Å²) < 4.78 is 5.00. The smallest absolute Gasteiger partial charge is 0.237 e. The Morgan fingerprint density at radius 3 is 2.85 bits per heavy atom. The average Bonchev–Trinajstić information content (AvgIpc) is 2.81. The molecule has 2 rings (SSSR count). The number of hydrogen-bond acceptors (Lipinski definition) is 4. The van der Waals surface area contributed by atoms with Gasteiger partial charge in [-0.15, -0.1) is 11.8 Å². The molecule has 4 nitrogen and oxygen atoms in total. The quantitative estimate of drug-likeness (QED) is 0.915. The maximum Gasteiger partial charge on any atom is 0.237 e. The molecule has 0 aliphatic heterocycles. The van der Waals surface area contributed by atoms with Gasteiger partial charge in [0.1, 0.15) is 5.76 Å². The van der Waals surface area contributed by atoms with Crippen LogP contribution in [0.1, 0.15) is 23.9 Å². The van der Waals surface area contributed by atoms with Crippen molar-refractivity contribution in [2.75, 3.05) is 5.32 Å². The third-order valence-corrected chi connectivity index (χ3v) is 3.99. The number of carbonyl (C=O) groups is 1. The largest absolute Gasteiger partial charge is 0.361 e. The number of benzene rings is 1. The molecular formula is C15H18N2O2S. The molecule has 0 saturated carbocycles. The Balaban J connectivity index is 1.85. The summed E-state index contributed by atoms with van der Waals surface area (Å²) >= 11 is 1.54. The fourth-order valence-electron chi connectivity index (χ4n) is 1.74. The van der Waals surface area contributed by atoms with Gasteiger partial charge in [-0.25, -0.2) is 0 Å². The Bertz CT molecular complexity index is 595. The second-order valence-corrected chi connectivity index (χ2v) is 6.07. The predicted molar refractivity (Wildman–Crippen MR) is 81.8 cm³/mol. The number of thioether (sulfide) groups is 1. The zero-order chi connectivity index (χ0) is 14.5. The summed E-state index contributed by atoms with van der Waals surface area (Å²) in [5, 5.41) is 6.69. The van der Waals surface area contributed by atoms with Crippen LogP contribution in [0.3, 0.4) is 0 Å². The minimum atomic E-state index is -0.146. The van der Waals surface area contributed by atoms with Crippen molar-refractivity contribution in [2.45, 2.75) is 31.8 Å². The van der Waals surface area contributed by atoms with E-state index in [1.807, 2.05) is 51.1 Å². The van der Waals surface area contributed by atoms with Gasteiger partial charge in [0, 0.05) is 17.5 Å². The first kappa shape index (κ1) is 14.7. The SMILES string of the molecule is Cc1cccc(NC(=O)C(C)SCc2cc(C)on2)c1. The van der Waals surface area contributed by atoms with E-state index in [0.717, 1.165) is 22.7 Å². The molecule has 1 unspecified atom stereocenters. The predicted octanol–water partition coefficient (Wildman–Crippen LogP) is 3.55. The van der Waals surface area contributed by atoms with E-state index >= 15 is 0 Å². The Morgan fingerprint density at radius 1 is 1.40 bits per heavy atom. The maximum absolute atomic E-state index is 12.1. The number of amides is 1. The number of carbonyl (C=O) groups excluding carboxylic acids is 1. The van der Waals surface area contributed by atoms with Crippen molar-refractivity contribution in [1.82, 2.24) is 5.16 Å². The van der Waals surface area contributed by atoms with Crippen molar-refractivity contribution in [3.05, 3.63) is 47.3 Å². The highest BCUT2D eigenvalue weighted by atomic mass is 32.2. The van der Waals surface area contributed by atoms with Crippen LogP contribution in [0.25, 0.3) is 0 Å². The Kier molecular flexibility index (Phi) is 4.84. The molecule has 1 N–H and O–H groups in total. The molecule has 1 heterocycles. The summed E-state index contributed by atoms with van der Waals surface area (Å²) in [4.78, 5) is 12.1. The van der Waals surface area contributed by atoms with Crippen LogP contribution in [0, 0.1) is 13.8 Å². The van der Waals surface area contributed by atoms with Crippen LogP contribution < -0.4 is 5.32 Å². The van der Waals surface area contributed by atoms with Crippen molar-refractivity contribution >= 4 is 23.4 Å². The molecule has 0 spiro atoms. The van der Waals surface area contributed by atoms with Crippen LogP contribution in [0.15, 0.2) is 34.9 Å². The molecule has 0 saturated heterocycles. The minimum Gasteiger partial charge on any atom is -0.361 e. The lowest BCUT2D eigenvalue weighted by Gasteiger charge is -2.11. The van der Waals surface area contributed by atoms with Gasteiger partial charge >= 0.3 is 0 Å². The van der Waals surface area contributed by atoms with E-state index in [2.05, 4.69) is 10.5 Å². The zero-order valence-electron chi connectivity index (χ0n) is 11.8. The lowest BCUT2D eigenvalue weighted by Crippen LogP contribution is -2.22. The van der Waals surface area contributed by atoms with Crippen LogP contribution in [0.2, 0.25) is 0 Å². The van der Waals surface area contributed by atoms with E-state index in [9.17, 15) is 4.79 Å². The standard InChI is InChI=1S/C15H18N2O2S/c1-10-5-4-6-13(7-10)16-15(18)12(3)20-9-14-8-11(2)19-17-14/h4-8,12H,9H2,1-3H3,(H,16,18). The van der Waals surface area contributed by atoms with Crippen LogP contribution in [-0.4, -0.2) is 16.3 Å². The first-order chi connectivity index (χ1) is 9.54. The summed E-state index contributed by atoms with van der Waals surface area (Å²) in [6, 6.07) is 9.67. The fourth-order valence-corrected chi connectivity index (χ4v) is 2.51. The Labute approximate surface area is 122 Å². The third kappa shape index (κ3) is 4.13. The summed E-state index contributed by atoms with van der Waals surface area (Å²) in [5.41, 5.74) is 2.82. The number of rotatable bonds is 5.